The van der Waals surface area contributed by atoms with Crippen LogP contribution in [0.15, 0.2) is 103 Å². The summed E-state index contributed by atoms with van der Waals surface area (Å²) in [6, 6.07) is 21.4. The van der Waals surface area contributed by atoms with Crippen LogP contribution in [-0.4, -0.2) is 24.0 Å². The molecule has 0 aromatic heterocycles. The summed E-state index contributed by atoms with van der Waals surface area (Å²) < 4.78 is 5.25. The maximum Gasteiger partial charge on any atom is 0.246 e. The monoisotopic (exact) mass is 511 g/mol. The molecule has 6 heteroatoms. The minimum absolute atomic E-state index is 0.0403. The van der Waals surface area contributed by atoms with Gasteiger partial charge in [-0.15, -0.1) is 0 Å². The van der Waals surface area contributed by atoms with E-state index >= 15 is 0 Å². The lowest BCUT2D eigenvalue weighted by molar-refractivity contribution is -0.124. The summed E-state index contributed by atoms with van der Waals surface area (Å²) in [5, 5.41) is 10.4. The summed E-state index contributed by atoms with van der Waals surface area (Å²) in [6.07, 6.45) is 8.00. The molecule has 3 aromatic carbocycles. The van der Waals surface area contributed by atoms with Gasteiger partial charge < -0.3 is 9.84 Å². The highest BCUT2D eigenvalue weighted by Crippen LogP contribution is 2.55. The van der Waals surface area contributed by atoms with Crippen LogP contribution >= 0.6 is 11.6 Å². The Morgan fingerprint density at radius 3 is 2.57 bits per heavy atom. The van der Waals surface area contributed by atoms with Crippen LogP contribution < -0.4 is 9.64 Å². The molecule has 5 nitrogen and oxygen atoms in total. The SMILES string of the molecule is C=CC1=CCC2C(=O)N(c3cccc(Cl)c3)C(=O)C2(c2ccccc2)C1C=Cc1ccc(O)c(OC)c1. The number of anilines is 1. The van der Waals surface area contributed by atoms with Crippen molar-refractivity contribution in [1.82, 2.24) is 0 Å². The van der Waals surface area contributed by atoms with Gasteiger partial charge >= 0.3 is 0 Å². The number of ether oxygens (including phenoxy) is 1. The van der Waals surface area contributed by atoms with E-state index in [2.05, 4.69) is 6.58 Å². The second-order valence-corrected chi connectivity index (χ2v) is 9.59. The Balaban J connectivity index is 1.70. The largest absolute Gasteiger partial charge is 0.504 e. The number of hydrogen-bond donors (Lipinski definition) is 1. The lowest BCUT2D eigenvalue weighted by atomic mass is 9.57. The van der Waals surface area contributed by atoms with Crippen molar-refractivity contribution in [3.8, 4) is 11.5 Å². The van der Waals surface area contributed by atoms with Crippen molar-refractivity contribution in [1.29, 1.82) is 0 Å². The van der Waals surface area contributed by atoms with Crippen LogP contribution in [0.2, 0.25) is 5.02 Å². The van der Waals surface area contributed by atoms with Gasteiger partial charge in [-0.25, -0.2) is 4.90 Å². The van der Waals surface area contributed by atoms with Gasteiger partial charge in [-0.1, -0.05) is 84.9 Å². The molecule has 1 aliphatic heterocycles. The number of nitrogens with zero attached hydrogens (tertiary/aromatic N) is 1. The van der Waals surface area contributed by atoms with E-state index in [0.717, 1.165) is 16.7 Å². The zero-order chi connectivity index (χ0) is 26.2. The van der Waals surface area contributed by atoms with Crippen molar-refractivity contribution in [3.05, 3.63) is 119 Å². The highest BCUT2D eigenvalue weighted by Gasteiger charge is 2.64. The van der Waals surface area contributed by atoms with E-state index in [4.69, 9.17) is 16.3 Å². The van der Waals surface area contributed by atoms with E-state index in [-0.39, 0.29) is 17.6 Å². The highest BCUT2D eigenvalue weighted by atomic mass is 35.5. The maximum absolute atomic E-state index is 14.5. The Bertz CT molecular complexity index is 1440. The maximum atomic E-state index is 14.5. The van der Waals surface area contributed by atoms with Crippen LogP contribution in [0.4, 0.5) is 5.69 Å². The smallest absolute Gasteiger partial charge is 0.246 e. The Hall–Kier alpha value is -4.09. The molecule has 1 heterocycles. The van der Waals surface area contributed by atoms with Gasteiger partial charge in [-0.05, 0) is 53.5 Å². The third kappa shape index (κ3) is 3.96. The second-order valence-electron chi connectivity index (χ2n) is 9.16. The number of phenols is 1. The number of imide groups is 1. The summed E-state index contributed by atoms with van der Waals surface area (Å²) >= 11 is 6.24. The topological polar surface area (TPSA) is 66.8 Å². The number of aromatic hydroxyl groups is 1. The van der Waals surface area contributed by atoms with Crippen molar-refractivity contribution in [2.75, 3.05) is 12.0 Å². The number of methoxy groups -OCH3 is 1. The average molecular weight is 512 g/mol. The van der Waals surface area contributed by atoms with E-state index in [0.29, 0.717) is 22.9 Å². The molecule has 3 aromatic rings. The van der Waals surface area contributed by atoms with Gasteiger partial charge in [0.25, 0.3) is 0 Å². The molecule has 5 rings (SSSR count). The quantitative estimate of drug-likeness (QED) is 0.393. The van der Waals surface area contributed by atoms with E-state index in [1.165, 1.54) is 12.0 Å². The van der Waals surface area contributed by atoms with Crippen LogP contribution in [0.5, 0.6) is 11.5 Å². The van der Waals surface area contributed by atoms with E-state index in [1.807, 2.05) is 48.6 Å². The first-order valence-corrected chi connectivity index (χ1v) is 12.4. The van der Waals surface area contributed by atoms with Crippen LogP contribution in [0.3, 0.4) is 0 Å². The number of hydrogen-bond acceptors (Lipinski definition) is 4. The third-order valence-electron chi connectivity index (χ3n) is 7.30. The number of halogens is 1. The lowest BCUT2D eigenvalue weighted by Crippen LogP contribution is -2.48. The van der Waals surface area contributed by atoms with Crippen molar-refractivity contribution < 1.29 is 19.4 Å². The number of rotatable bonds is 6. The van der Waals surface area contributed by atoms with Crippen LogP contribution in [0.1, 0.15) is 17.5 Å². The van der Waals surface area contributed by atoms with Crippen molar-refractivity contribution in [3.63, 3.8) is 0 Å². The molecule has 2 amide bonds. The molecule has 0 saturated carbocycles. The van der Waals surface area contributed by atoms with Crippen LogP contribution in [0.25, 0.3) is 6.08 Å². The number of fused-ring (bicyclic) bond motifs is 1. The molecule has 0 bridgehead atoms. The molecular formula is C31H26ClNO4. The zero-order valence-corrected chi connectivity index (χ0v) is 21.1. The first-order valence-electron chi connectivity index (χ1n) is 12.0. The molecule has 1 N–H and O–H groups in total. The summed E-state index contributed by atoms with van der Waals surface area (Å²) in [5.41, 5.74) is 1.71. The Morgan fingerprint density at radius 1 is 1.08 bits per heavy atom. The predicted octanol–water partition coefficient (Wildman–Crippen LogP) is 6.33. The third-order valence-corrected chi connectivity index (χ3v) is 7.54. The molecule has 1 saturated heterocycles. The Morgan fingerprint density at radius 2 is 1.86 bits per heavy atom. The number of amides is 2. The van der Waals surface area contributed by atoms with Gasteiger partial charge in [0, 0.05) is 10.9 Å². The summed E-state index contributed by atoms with van der Waals surface area (Å²) in [7, 11) is 1.49. The van der Waals surface area contributed by atoms with E-state index in [1.54, 1.807) is 48.5 Å². The molecule has 0 radical (unpaired) electrons. The van der Waals surface area contributed by atoms with Crippen molar-refractivity contribution >= 4 is 35.2 Å². The first-order chi connectivity index (χ1) is 17.9. The molecule has 186 valence electrons. The standard InChI is InChI=1S/C31H26ClNO4/c1-3-21-14-16-26-29(35)33(24-11-7-10-23(32)19-24)30(36)31(26,22-8-5-4-6-9-22)25(21)15-12-20-13-17-27(34)28(18-20)37-2/h3-15,17-19,25-26,34H,1,16H2,2H3. The van der Waals surface area contributed by atoms with Gasteiger partial charge in [-0.3, -0.25) is 9.59 Å². The molecule has 37 heavy (non-hydrogen) atoms. The second kappa shape index (κ2) is 9.75. The minimum atomic E-state index is -1.17. The van der Waals surface area contributed by atoms with Crippen molar-refractivity contribution in [2.24, 2.45) is 11.8 Å². The molecule has 2 aliphatic rings. The molecule has 1 aliphatic carbocycles. The van der Waals surface area contributed by atoms with Crippen LogP contribution in [-0.2, 0) is 15.0 Å². The van der Waals surface area contributed by atoms with Crippen LogP contribution in [0, 0.1) is 11.8 Å². The fourth-order valence-electron chi connectivity index (χ4n) is 5.62. The predicted molar refractivity (Wildman–Crippen MR) is 146 cm³/mol. The van der Waals surface area contributed by atoms with Crippen molar-refractivity contribution in [2.45, 2.75) is 11.8 Å². The number of benzene rings is 3. The fraction of sp³-hybridized carbons (Fsp3) is 0.161. The summed E-state index contributed by atoms with van der Waals surface area (Å²) in [4.78, 5) is 29.7. The first kappa shape index (κ1) is 24.6. The Kier molecular flexibility index (Phi) is 6.48. The normalized spacial score (nSPS) is 23.2. The Labute approximate surface area is 221 Å². The van der Waals surface area contributed by atoms with E-state index < -0.39 is 17.3 Å². The molecule has 1 fully saturated rings. The zero-order valence-electron chi connectivity index (χ0n) is 20.3. The molecular weight excluding hydrogens is 486 g/mol. The highest BCUT2D eigenvalue weighted by molar-refractivity contribution is 6.32. The van der Waals surface area contributed by atoms with Gasteiger partial charge in [-0.2, -0.15) is 0 Å². The number of allylic oxidation sites excluding steroid dienone is 4. The molecule has 3 atom stereocenters. The lowest BCUT2D eigenvalue weighted by Gasteiger charge is -2.41. The summed E-state index contributed by atoms with van der Waals surface area (Å²) in [6.45, 7) is 4.02. The fourth-order valence-corrected chi connectivity index (χ4v) is 5.81. The summed E-state index contributed by atoms with van der Waals surface area (Å²) in [5.74, 6) is -1.22. The van der Waals surface area contributed by atoms with E-state index in [9.17, 15) is 14.7 Å². The van der Waals surface area contributed by atoms with Gasteiger partial charge in [0.15, 0.2) is 11.5 Å². The number of carbonyl (C=O) groups is 2. The minimum Gasteiger partial charge on any atom is -0.504 e. The molecule has 0 spiro atoms. The number of phenolic OH excluding ortho intramolecular Hbond substituents is 1. The average Bonchev–Trinajstić information content (AvgIpc) is 3.15. The van der Waals surface area contributed by atoms with Gasteiger partial charge in [0.2, 0.25) is 11.8 Å². The number of carbonyl (C=O) groups excluding carboxylic acids is 2. The van der Waals surface area contributed by atoms with Gasteiger partial charge in [0.05, 0.1) is 24.1 Å². The molecule has 3 unspecified atom stereocenters. The van der Waals surface area contributed by atoms with Gasteiger partial charge in [0.1, 0.15) is 0 Å².